The fourth-order valence-electron chi connectivity index (χ4n) is 1.50. The molecule has 0 unspecified atom stereocenters. The highest BCUT2D eigenvalue weighted by Gasteiger charge is 1.97. The number of ether oxygens (including phenoxy) is 1. The number of methoxy groups -OCH3 is 1. The summed E-state index contributed by atoms with van der Waals surface area (Å²) in [6.45, 7) is 5.78. The Labute approximate surface area is 132 Å². The molecular formula is C14H24IN3O. The zero-order chi connectivity index (χ0) is 13.4. The maximum Gasteiger partial charge on any atom is 0.188 e. The smallest absolute Gasteiger partial charge is 0.188 e. The molecule has 0 saturated heterocycles. The van der Waals surface area contributed by atoms with Gasteiger partial charge in [-0.25, -0.2) is 0 Å². The van der Waals surface area contributed by atoms with Crippen LogP contribution in [0.15, 0.2) is 29.3 Å². The number of guanidine groups is 1. The van der Waals surface area contributed by atoms with Gasteiger partial charge in [0.1, 0.15) is 5.75 Å². The molecule has 4 nitrogen and oxygen atoms in total. The van der Waals surface area contributed by atoms with Crippen molar-refractivity contribution < 1.29 is 4.74 Å². The second kappa shape index (κ2) is 9.89. The van der Waals surface area contributed by atoms with E-state index >= 15 is 0 Å². The number of nitrogens with two attached hydrogens (primary N) is 1. The number of aliphatic imine (C=N–C) groups is 1. The zero-order valence-corrected chi connectivity index (χ0v) is 14.2. The van der Waals surface area contributed by atoms with E-state index in [2.05, 4.69) is 30.2 Å². The molecular weight excluding hydrogens is 353 g/mol. The van der Waals surface area contributed by atoms with Crippen LogP contribution in [0.2, 0.25) is 0 Å². The van der Waals surface area contributed by atoms with Crippen LogP contribution in [0, 0.1) is 5.92 Å². The predicted octanol–water partition coefficient (Wildman–Crippen LogP) is 2.42. The average molecular weight is 377 g/mol. The van der Waals surface area contributed by atoms with Crippen molar-refractivity contribution in [1.29, 1.82) is 0 Å². The number of hydrogen-bond acceptors (Lipinski definition) is 2. The lowest BCUT2D eigenvalue weighted by Crippen LogP contribution is -2.33. The molecule has 0 saturated carbocycles. The van der Waals surface area contributed by atoms with Crippen LogP contribution in [0.1, 0.15) is 19.4 Å². The van der Waals surface area contributed by atoms with Crippen LogP contribution in [0.3, 0.4) is 0 Å². The van der Waals surface area contributed by atoms with Crippen molar-refractivity contribution in [3.8, 4) is 5.75 Å². The predicted molar refractivity (Wildman–Crippen MR) is 91.4 cm³/mol. The van der Waals surface area contributed by atoms with E-state index in [1.807, 2.05) is 18.2 Å². The first kappa shape index (κ1) is 18.0. The Morgan fingerprint density at radius 3 is 2.79 bits per heavy atom. The van der Waals surface area contributed by atoms with Crippen molar-refractivity contribution in [2.24, 2.45) is 16.6 Å². The maximum atomic E-state index is 5.76. The molecule has 0 amide bonds. The molecule has 0 aliphatic carbocycles. The first-order valence-electron chi connectivity index (χ1n) is 6.28. The number of nitrogens with zero attached hydrogens (tertiary/aromatic N) is 1. The molecule has 0 fully saturated rings. The Morgan fingerprint density at radius 1 is 1.42 bits per heavy atom. The SMILES string of the molecule is COc1cccc(CCNC(N)=NCC(C)C)c1.I. The topological polar surface area (TPSA) is 59.6 Å². The van der Waals surface area contributed by atoms with E-state index in [4.69, 9.17) is 10.5 Å². The highest BCUT2D eigenvalue weighted by Crippen LogP contribution is 2.12. The molecule has 0 atom stereocenters. The number of benzene rings is 1. The van der Waals surface area contributed by atoms with Crippen molar-refractivity contribution in [2.45, 2.75) is 20.3 Å². The minimum absolute atomic E-state index is 0. The lowest BCUT2D eigenvalue weighted by Gasteiger charge is -2.07. The van der Waals surface area contributed by atoms with Gasteiger partial charge in [0, 0.05) is 13.1 Å². The first-order chi connectivity index (χ1) is 8.61. The largest absolute Gasteiger partial charge is 0.497 e. The van der Waals surface area contributed by atoms with Gasteiger partial charge >= 0.3 is 0 Å². The van der Waals surface area contributed by atoms with Gasteiger partial charge in [-0.3, -0.25) is 4.99 Å². The van der Waals surface area contributed by atoms with Gasteiger partial charge in [-0.2, -0.15) is 0 Å². The molecule has 0 aliphatic rings. The third kappa shape index (κ3) is 7.92. The maximum absolute atomic E-state index is 5.76. The molecule has 5 heteroatoms. The van der Waals surface area contributed by atoms with Crippen molar-refractivity contribution >= 4 is 29.9 Å². The summed E-state index contributed by atoms with van der Waals surface area (Å²) in [5, 5.41) is 3.11. The molecule has 1 rings (SSSR count). The van der Waals surface area contributed by atoms with Gasteiger partial charge in [0.15, 0.2) is 5.96 Å². The highest BCUT2D eigenvalue weighted by atomic mass is 127. The molecule has 0 spiro atoms. The van der Waals surface area contributed by atoms with Gasteiger partial charge in [-0.1, -0.05) is 26.0 Å². The second-order valence-electron chi connectivity index (χ2n) is 4.65. The summed E-state index contributed by atoms with van der Waals surface area (Å²) in [6, 6.07) is 8.04. The third-order valence-electron chi connectivity index (χ3n) is 2.48. The third-order valence-corrected chi connectivity index (χ3v) is 2.48. The average Bonchev–Trinajstić information content (AvgIpc) is 2.36. The summed E-state index contributed by atoms with van der Waals surface area (Å²) in [6.07, 6.45) is 0.898. The molecule has 0 aromatic heterocycles. The second-order valence-corrected chi connectivity index (χ2v) is 4.65. The van der Waals surface area contributed by atoms with E-state index in [1.165, 1.54) is 5.56 Å². The Hall–Kier alpha value is -0.980. The molecule has 0 aliphatic heterocycles. The van der Waals surface area contributed by atoms with Crippen LogP contribution in [0.5, 0.6) is 5.75 Å². The summed E-state index contributed by atoms with van der Waals surface area (Å²) in [4.78, 5) is 4.25. The monoisotopic (exact) mass is 377 g/mol. The normalized spacial score (nSPS) is 11.1. The quantitative estimate of drug-likeness (QED) is 0.455. The van der Waals surface area contributed by atoms with Crippen LogP contribution in [-0.2, 0) is 6.42 Å². The van der Waals surface area contributed by atoms with Gasteiger partial charge < -0.3 is 15.8 Å². The molecule has 0 radical (unpaired) electrons. The van der Waals surface area contributed by atoms with Gasteiger partial charge in [0.2, 0.25) is 0 Å². The Bertz CT molecular complexity index is 394. The van der Waals surface area contributed by atoms with E-state index in [1.54, 1.807) is 7.11 Å². The van der Waals surface area contributed by atoms with E-state index in [-0.39, 0.29) is 24.0 Å². The van der Waals surface area contributed by atoms with Gasteiger partial charge in [0.25, 0.3) is 0 Å². The molecule has 19 heavy (non-hydrogen) atoms. The van der Waals surface area contributed by atoms with E-state index in [0.29, 0.717) is 11.9 Å². The fraction of sp³-hybridized carbons (Fsp3) is 0.500. The number of hydrogen-bond donors (Lipinski definition) is 2. The van der Waals surface area contributed by atoms with Gasteiger partial charge in [-0.15, -0.1) is 24.0 Å². The van der Waals surface area contributed by atoms with E-state index in [0.717, 1.165) is 25.3 Å². The minimum Gasteiger partial charge on any atom is -0.497 e. The number of halogens is 1. The van der Waals surface area contributed by atoms with Crippen LogP contribution in [0.25, 0.3) is 0 Å². The molecule has 108 valence electrons. The number of nitrogens with one attached hydrogen (secondary N) is 1. The van der Waals surface area contributed by atoms with Crippen LogP contribution >= 0.6 is 24.0 Å². The number of rotatable bonds is 6. The summed E-state index contributed by atoms with van der Waals surface area (Å²) in [7, 11) is 1.67. The van der Waals surface area contributed by atoms with Gasteiger partial charge in [0.05, 0.1) is 7.11 Å². The van der Waals surface area contributed by atoms with Gasteiger partial charge in [-0.05, 0) is 30.0 Å². The van der Waals surface area contributed by atoms with Crippen molar-refractivity contribution in [2.75, 3.05) is 20.2 Å². The Balaban J connectivity index is 0.00000324. The highest BCUT2D eigenvalue weighted by molar-refractivity contribution is 14.0. The Kier molecular flexibility index (Phi) is 9.38. The van der Waals surface area contributed by atoms with Crippen molar-refractivity contribution in [3.05, 3.63) is 29.8 Å². The lowest BCUT2D eigenvalue weighted by atomic mass is 10.1. The fourth-order valence-corrected chi connectivity index (χ4v) is 1.50. The summed E-state index contributed by atoms with van der Waals surface area (Å²) in [5.74, 6) is 1.93. The molecule has 0 heterocycles. The van der Waals surface area contributed by atoms with Crippen LogP contribution in [0.4, 0.5) is 0 Å². The lowest BCUT2D eigenvalue weighted by molar-refractivity contribution is 0.414. The molecule has 1 aromatic rings. The zero-order valence-electron chi connectivity index (χ0n) is 11.8. The minimum atomic E-state index is 0. The summed E-state index contributed by atoms with van der Waals surface area (Å²) >= 11 is 0. The molecule has 1 aromatic carbocycles. The summed E-state index contributed by atoms with van der Waals surface area (Å²) in [5.41, 5.74) is 6.98. The molecule has 3 N–H and O–H groups in total. The Morgan fingerprint density at radius 2 is 2.16 bits per heavy atom. The van der Waals surface area contributed by atoms with Crippen LogP contribution in [-0.4, -0.2) is 26.2 Å². The van der Waals surface area contributed by atoms with E-state index < -0.39 is 0 Å². The van der Waals surface area contributed by atoms with Crippen molar-refractivity contribution in [1.82, 2.24) is 5.32 Å². The first-order valence-corrected chi connectivity index (χ1v) is 6.28. The standard InChI is InChI=1S/C14H23N3O.HI/c1-11(2)10-17-14(15)16-8-7-12-5-4-6-13(9-12)18-3;/h4-6,9,11H,7-8,10H2,1-3H3,(H3,15,16,17);1H. The molecule has 0 bridgehead atoms. The van der Waals surface area contributed by atoms with E-state index in [9.17, 15) is 0 Å². The van der Waals surface area contributed by atoms with Crippen LogP contribution < -0.4 is 15.8 Å². The summed E-state index contributed by atoms with van der Waals surface area (Å²) < 4.78 is 5.18. The van der Waals surface area contributed by atoms with Crippen molar-refractivity contribution in [3.63, 3.8) is 0 Å².